The molecular formula is C18H14N2O3S. The number of nitrogens with one attached hydrogen (secondary N) is 1. The number of aromatic nitrogens is 1. The summed E-state index contributed by atoms with van der Waals surface area (Å²) < 4.78 is 5.39. The largest absolute Gasteiger partial charge is 0.483 e. The summed E-state index contributed by atoms with van der Waals surface area (Å²) >= 11 is 1.56. The van der Waals surface area contributed by atoms with Gasteiger partial charge in [0.1, 0.15) is 10.8 Å². The van der Waals surface area contributed by atoms with Crippen LogP contribution in [-0.2, 0) is 4.79 Å². The van der Waals surface area contributed by atoms with Crippen molar-refractivity contribution in [2.24, 2.45) is 0 Å². The Morgan fingerprint density at radius 3 is 2.67 bits per heavy atom. The number of benzene rings is 2. The van der Waals surface area contributed by atoms with E-state index in [1.165, 1.54) is 0 Å². The second kappa shape index (κ2) is 7.52. The van der Waals surface area contributed by atoms with Gasteiger partial charge in [0, 0.05) is 22.8 Å². The highest BCUT2D eigenvalue weighted by molar-refractivity contribution is 7.13. The van der Waals surface area contributed by atoms with E-state index in [4.69, 9.17) is 4.74 Å². The molecule has 0 aliphatic rings. The minimum atomic E-state index is -0.294. The zero-order valence-electron chi connectivity index (χ0n) is 12.6. The average Bonchev–Trinajstić information content (AvgIpc) is 3.15. The maximum atomic E-state index is 12.0. The van der Waals surface area contributed by atoms with E-state index in [1.54, 1.807) is 41.8 Å². The molecule has 3 aromatic rings. The number of para-hydroxylation sites is 1. The predicted octanol–water partition coefficient (Wildman–Crippen LogP) is 3.64. The molecule has 0 saturated carbocycles. The summed E-state index contributed by atoms with van der Waals surface area (Å²) in [5.74, 6) is 0.0967. The fourth-order valence-electron chi connectivity index (χ4n) is 2.11. The predicted molar refractivity (Wildman–Crippen MR) is 93.5 cm³/mol. The summed E-state index contributed by atoms with van der Waals surface area (Å²) in [7, 11) is 0. The molecule has 0 radical (unpaired) electrons. The molecule has 0 fully saturated rings. The van der Waals surface area contributed by atoms with Crippen LogP contribution in [0.1, 0.15) is 10.4 Å². The Labute approximate surface area is 142 Å². The lowest BCUT2D eigenvalue weighted by Crippen LogP contribution is -2.20. The summed E-state index contributed by atoms with van der Waals surface area (Å²) in [4.78, 5) is 27.1. The molecular weight excluding hydrogens is 324 g/mol. The summed E-state index contributed by atoms with van der Waals surface area (Å²) in [6.07, 6.45) is 2.45. The summed E-state index contributed by atoms with van der Waals surface area (Å²) in [6, 6.07) is 14.2. The number of nitrogens with zero attached hydrogens (tertiary/aromatic N) is 1. The summed E-state index contributed by atoms with van der Waals surface area (Å²) in [5, 5.41) is 5.60. The second-order valence-corrected chi connectivity index (χ2v) is 5.80. The smallest absolute Gasteiger partial charge is 0.262 e. The first-order chi connectivity index (χ1) is 11.8. The maximum absolute atomic E-state index is 12.0. The summed E-state index contributed by atoms with van der Waals surface area (Å²) in [6.45, 7) is -0.168. The van der Waals surface area contributed by atoms with E-state index in [-0.39, 0.29) is 12.5 Å². The van der Waals surface area contributed by atoms with Crippen molar-refractivity contribution >= 4 is 29.2 Å². The standard InChI is InChI=1S/C18H14N2O3S/c21-11-14-3-1-2-4-16(14)23-12-17(22)20-15-7-5-13(6-8-15)18-19-9-10-24-18/h1-11H,12H2,(H,20,22). The first kappa shape index (κ1) is 15.9. The third kappa shape index (κ3) is 3.85. The quantitative estimate of drug-likeness (QED) is 0.697. The van der Waals surface area contributed by atoms with Crippen LogP contribution in [0.5, 0.6) is 5.75 Å². The first-order valence-electron chi connectivity index (χ1n) is 7.23. The van der Waals surface area contributed by atoms with Crippen molar-refractivity contribution in [2.75, 3.05) is 11.9 Å². The van der Waals surface area contributed by atoms with Crippen LogP contribution < -0.4 is 10.1 Å². The van der Waals surface area contributed by atoms with Crippen molar-refractivity contribution in [3.05, 3.63) is 65.7 Å². The first-order valence-corrected chi connectivity index (χ1v) is 8.11. The van der Waals surface area contributed by atoms with Crippen LogP contribution in [0.3, 0.4) is 0 Å². The van der Waals surface area contributed by atoms with Crippen molar-refractivity contribution in [1.29, 1.82) is 0 Å². The van der Waals surface area contributed by atoms with Gasteiger partial charge in [-0.05, 0) is 36.4 Å². The van der Waals surface area contributed by atoms with Crippen LogP contribution in [0.2, 0.25) is 0 Å². The molecule has 6 heteroatoms. The number of hydrogen-bond acceptors (Lipinski definition) is 5. The SMILES string of the molecule is O=Cc1ccccc1OCC(=O)Nc1ccc(-c2nccs2)cc1. The number of ether oxygens (including phenoxy) is 1. The Bertz CT molecular complexity index is 830. The lowest BCUT2D eigenvalue weighted by Gasteiger charge is -2.09. The number of carbonyl (C=O) groups is 2. The topological polar surface area (TPSA) is 68.3 Å². The van der Waals surface area contributed by atoms with Gasteiger partial charge >= 0.3 is 0 Å². The van der Waals surface area contributed by atoms with Gasteiger partial charge in [0.2, 0.25) is 0 Å². The van der Waals surface area contributed by atoms with E-state index in [2.05, 4.69) is 10.3 Å². The summed E-state index contributed by atoms with van der Waals surface area (Å²) in [5.41, 5.74) is 2.09. The highest BCUT2D eigenvalue weighted by Gasteiger charge is 2.07. The van der Waals surface area contributed by atoms with Crippen molar-refractivity contribution in [1.82, 2.24) is 4.98 Å². The van der Waals surface area contributed by atoms with E-state index in [0.717, 1.165) is 10.6 Å². The number of carbonyl (C=O) groups excluding carboxylic acids is 2. The second-order valence-electron chi connectivity index (χ2n) is 4.91. The third-order valence-corrected chi connectivity index (χ3v) is 4.07. The molecule has 0 saturated heterocycles. The van der Waals surface area contributed by atoms with E-state index in [1.807, 2.05) is 29.6 Å². The van der Waals surface area contributed by atoms with Gasteiger partial charge in [-0.15, -0.1) is 11.3 Å². The normalized spacial score (nSPS) is 10.2. The number of thiazole rings is 1. The van der Waals surface area contributed by atoms with Crippen LogP contribution in [0.4, 0.5) is 5.69 Å². The molecule has 24 heavy (non-hydrogen) atoms. The van der Waals surface area contributed by atoms with Gasteiger partial charge in [0.25, 0.3) is 5.91 Å². The molecule has 0 aliphatic carbocycles. The molecule has 2 aromatic carbocycles. The number of aldehydes is 1. The highest BCUT2D eigenvalue weighted by atomic mass is 32.1. The van der Waals surface area contributed by atoms with Crippen LogP contribution >= 0.6 is 11.3 Å². The van der Waals surface area contributed by atoms with E-state index in [0.29, 0.717) is 23.3 Å². The molecule has 0 bridgehead atoms. The Hall–Kier alpha value is -2.99. The molecule has 0 unspecified atom stereocenters. The zero-order valence-corrected chi connectivity index (χ0v) is 13.5. The Morgan fingerprint density at radius 2 is 1.96 bits per heavy atom. The van der Waals surface area contributed by atoms with Gasteiger partial charge in [-0.2, -0.15) is 0 Å². The lowest BCUT2D eigenvalue weighted by atomic mass is 10.2. The van der Waals surface area contributed by atoms with Crippen LogP contribution in [0.15, 0.2) is 60.1 Å². The third-order valence-electron chi connectivity index (χ3n) is 3.25. The molecule has 5 nitrogen and oxygen atoms in total. The average molecular weight is 338 g/mol. The number of rotatable bonds is 6. The van der Waals surface area contributed by atoms with Gasteiger partial charge in [-0.3, -0.25) is 9.59 Å². The highest BCUT2D eigenvalue weighted by Crippen LogP contribution is 2.23. The van der Waals surface area contributed by atoms with E-state index < -0.39 is 0 Å². The minimum Gasteiger partial charge on any atom is -0.483 e. The van der Waals surface area contributed by atoms with Crippen molar-refractivity contribution < 1.29 is 14.3 Å². The van der Waals surface area contributed by atoms with Crippen molar-refractivity contribution in [3.63, 3.8) is 0 Å². The Morgan fingerprint density at radius 1 is 1.17 bits per heavy atom. The molecule has 120 valence electrons. The lowest BCUT2D eigenvalue weighted by molar-refractivity contribution is -0.118. The van der Waals surface area contributed by atoms with Gasteiger partial charge in [0.05, 0.1) is 5.56 Å². The van der Waals surface area contributed by atoms with Gasteiger partial charge in [0.15, 0.2) is 12.9 Å². The van der Waals surface area contributed by atoms with Gasteiger partial charge in [-0.1, -0.05) is 12.1 Å². The van der Waals surface area contributed by atoms with Crippen LogP contribution in [-0.4, -0.2) is 23.8 Å². The Kier molecular flexibility index (Phi) is 4.98. The molecule has 3 rings (SSSR count). The molecule has 1 N–H and O–H groups in total. The molecule has 1 amide bonds. The monoisotopic (exact) mass is 338 g/mol. The van der Waals surface area contributed by atoms with Crippen LogP contribution in [0.25, 0.3) is 10.6 Å². The van der Waals surface area contributed by atoms with Crippen LogP contribution in [0, 0.1) is 0 Å². The van der Waals surface area contributed by atoms with E-state index in [9.17, 15) is 9.59 Å². The minimum absolute atomic E-state index is 0.168. The fourth-order valence-corrected chi connectivity index (χ4v) is 2.76. The molecule has 1 aromatic heterocycles. The van der Waals surface area contributed by atoms with E-state index >= 15 is 0 Å². The van der Waals surface area contributed by atoms with Gasteiger partial charge in [-0.25, -0.2) is 4.98 Å². The van der Waals surface area contributed by atoms with Crippen molar-refractivity contribution in [3.8, 4) is 16.3 Å². The number of anilines is 1. The fraction of sp³-hybridized carbons (Fsp3) is 0.0556. The molecule has 0 spiro atoms. The molecule has 0 aliphatic heterocycles. The van der Waals surface area contributed by atoms with Gasteiger partial charge < -0.3 is 10.1 Å². The number of amides is 1. The Balaban J connectivity index is 1.58. The molecule has 0 atom stereocenters. The zero-order chi connectivity index (χ0) is 16.8. The maximum Gasteiger partial charge on any atom is 0.262 e. The van der Waals surface area contributed by atoms with Crippen molar-refractivity contribution in [2.45, 2.75) is 0 Å². The molecule has 1 heterocycles. The number of hydrogen-bond donors (Lipinski definition) is 1.